The van der Waals surface area contributed by atoms with Crippen molar-refractivity contribution in [1.82, 2.24) is 10.6 Å². The average Bonchev–Trinajstić information content (AvgIpc) is 2.33. The van der Waals surface area contributed by atoms with E-state index in [0.29, 0.717) is 12.1 Å². The molecule has 100 valence electrons. The standard InChI is InChI=1S/C10H13N3O4.ClH/c14-9-4-6(7-5-11-1-2-12-7)3-8(10(9)15)13(16)17;/h3-4,7,11-12,14-15H,1-2,5H2;1H/t7-;/m1./s1. The molecule has 0 radical (unpaired) electrons. The highest BCUT2D eigenvalue weighted by atomic mass is 35.5. The fourth-order valence-corrected chi connectivity index (χ4v) is 1.85. The van der Waals surface area contributed by atoms with Gasteiger partial charge in [0.25, 0.3) is 0 Å². The zero-order valence-electron chi connectivity index (χ0n) is 9.42. The molecule has 2 rings (SSSR count). The van der Waals surface area contributed by atoms with Gasteiger partial charge in [-0.05, 0) is 11.6 Å². The van der Waals surface area contributed by atoms with Gasteiger partial charge in [0.1, 0.15) is 0 Å². The van der Waals surface area contributed by atoms with Gasteiger partial charge in [-0.2, -0.15) is 0 Å². The molecular weight excluding hydrogens is 262 g/mol. The number of nitro benzene ring substituents is 1. The van der Waals surface area contributed by atoms with Crippen LogP contribution in [0.3, 0.4) is 0 Å². The molecular formula is C10H14ClN3O4. The fraction of sp³-hybridized carbons (Fsp3) is 0.400. The van der Waals surface area contributed by atoms with E-state index in [9.17, 15) is 20.3 Å². The number of phenols is 2. The van der Waals surface area contributed by atoms with Crippen LogP contribution in [0.15, 0.2) is 12.1 Å². The van der Waals surface area contributed by atoms with Gasteiger partial charge in [0.15, 0.2) is 5.75 Å². The van der Waals surface area contributed by atoms with Gasteiger partial charge in [-0.15, -0.1) is 12.4 Å². The normalized spacial score (nSPS) is 19.0. The maximum atomic E-state index is 10.7. The minimum absolute atomic E-state index is 0. The zero-order valence-corrected chi connectivity index (χ0v) is 10.2. The maximum Gasteiger partial charge on any atom is 0.314 e. The van der Waals surface area contributed by atoms with E-state index in [1.807, 2.05) is 0 Å². The molecule has 8 heteroatoms. The Bertz CT molecular complexity index is 449. The lowest BCUT2D eigenvalue weighted by Crippen LogP contribution is -2.42. The minimum Gasteiger partial charge on any atom is -0.504 e. The van der Waals surface area contributed by atoms with Gasteiger partial charge < -0.3 is 20.8 Å². The molecule has 0 unspecified atom stereocenters. The number of halogens is 1. The van der Waals surface area contributed by atoms with E-state index < -0.39 is 22.1 Å². The summed E-state index contributed by atoms with van der Waals surface area (Å²) >= 11 is 0. The Morgan fingerprint density at radius 1 is 1.33 bits per heavy atom. The summed E-state index contributed by atoms with van der Waals surface area (Å²) in [6.45, 7) is 2.21. The maximum absolute atomic E-state index is 10.7. The van der Waals surface area contributed by atoms with Crippen LogP contribution in [0.2, 0.25) is 0 Å². The van der Waals surface area contributed by atoms with Gasteiger partial charge in [-0.3, -0.25) is 10.1 Å². The first kappa shape index (κ1) is 14.5. The topological polar surface area (TPSA) is 108 Å². The molecule has 1 aromatic rings. The highest BCUT2D eigenvalue weighted by Gasteiger charge is 2.23. The van der Waals surface area contributed by atoms with Crippen molar-refractivity contribution in [1.29, 1.82) is 0 Å². The van der Waals surface area contributed by atoms with Crippen LogP contribution in [-0.4, -0.2) is 34.8 Å². The molecule has 1 saturated heterocycles. The number of piperazine rings is 1. The molecule has 1 fully saturated rings. The van der Waals surface area contributed by atoms with Gasteiger partial charge >= 0.3 is 5.69 Å². The molecule has 7 nitrogen and oxygen atoms in total. The van der Waals surface area contributed by atoms with Crippen LogP contribution >= 0.6 is 12.4 Å². The van der Waals surface area contributed by atoms with Crippen LogP contribution < -0.4 is 10.6 Å². The molecule has 1 aromatic carbocycles. The highest BCUT2D eigenvalue weighted by Crippen LogP contribution is 2.37. The Hall–Kier alpha value is -1.57. The third-order valence-electron chi connectivity index (χ3n) is 2.73. The molecule has 1 aliphatic heterocycles. The lowest BCUT2D eigenvalue weighted by Gasteiger charge is -2.24. The second-order valence-electron chi connectivity index (χ2n) is 3.88. The summed E-state index contributed by atoms with van der Waals surface area (Å²) in [4.78, 5) is 9.99. The summed E-state index contributed by atoms with van der Waals surface area (Å²) in [6.07, 6.45) is 0. The smallest absolute Gasteiger partial charge is 0.314 e. The molecule has 18 heavy (non-hydrogen) atoms. The number of benzene rings is 1. The average molecular weight is 276 g/mol. The second kappa shape index (κ2) is 5.85. The summed E-state index contributed by atoms with van der Waals surface area (Å²) < 4.78 is 0. The lowest BCUT2D eigenvalue weighted by atomic mass is 10.0. The number of aromatic hydroxyl groups is 2. The molecule has 0 aromatic heterocycles. The Morgan fingerprint density at radius 2 is 2.06 bits per heavy atom. The second-order valence-corrected chi connectivity index (χ2v) is 3.88. The Balaban J connectivity index is 0.00000162. The Kier molecular flexibility index (Phi) is 4.71. The quantitative estimate of drug-likeness (QED) is 0.359. The fourth-order valence-electron chi connectivity index (χ4n) is 1.85. The van der Waals surface area contributed by atoms with Crippen molar-refractivity contribution < 1.29 is 15.1 Å². The summed E-state index contributed by atoms with van der Waals surface area (Å²) in [6, 6.07) is 2.51. The van der Waals surface area contributed by atoms with Crippen LogP contribution in [0.5, 0.6) is 11.5 Å². The first-order valence-electron chi connectivity index (χ1n) is 5.24. The summed E-state index contributed by atoms with van der Waals surface area (Å²) in [5.41, 5.74) is 0.103. The van der Waals surface area contributed by atoms with Crippen LogP contribution in [0.4, 0.5) is 5.69 Å². The molecule has 1 atom stereocenters. The van der Waals surface area contributed by atoms with Crippen molar-refractivity contribution in [2.24, 2.45) is 0 Å². The summed E-state index contributed by atoms with van der Waals surface area (Å²) in [7, 11) is 0. The van der Waals surface area contributed by atoms with Crippen LogP contribution in [-0.2, 0) is 0 Å². The summed E-state index contributed by atoms with van der Waals surface area (Å²) in [5.74, 6) is -1.16. The minimum atomic E-state index is -0.713. The van der Waals surface area contributed by atoms with E-state index >= 15 is 0 Å². The van der Waals surface area contributed by atoms with Gasteiger partial charge in [0, 0.05) is 31.7 Å². The molecule has 0 aliphatic carbocycles. The molecule has 0 amide bonds. The Morgan fingerprint density at radius 3 is 2.61 bits per heavy atom. The van der Waals surface area contributed by atoms with Gasteiger partial charge in [-0.25, -0.2) is 0 Å². The Labute approximate surface area is 109 Å². The van der Waals surface area contributed by atoms with E-state index in [-0.39, 0.29) is 18.4 Å². The van der Waals surface area contributed by atoms with E-state index in [4.69, 9.17) is 0 Å². The zero-order chi connectivity index (χ0) is 12.4. The predicted octanol–water partition coefficient (Wildman–Crippen LogP) is 0.662. The molecule has 0 saturated carbocycles. The van der Waals surface area contributed by atoms with E-state index in [1.165, 1.54) is 12.1 Å². The SMILES string of the molecule is Cl.O=[N+]([O-])c1cc([C@H]2CNCCN2)cc(O)c1O. The number of hydrogen-bond donors (Lipinski definition) is 4. The van der Waals surface area contributed by atoms with Crippen molar-refractivity contribution in [2.45, 2.75) is 6.04 Å². The van der Waals surface area contributed by atoms with Crippen molar-refractivity contribution in [3.63, 3.8) is 0 Å². The van der Waals surface area contributed by atoms with E-state index in [2.05, 4.69) is 10.6 Å². The number of hydrogen-bond acceptors (Lipinski definition) is 6. The van der Waals surface area contributed by atoms with E-state index in [1.54, 1.807) is 0 Å². The first-order valence-corrected chi connectivity index (χ1v) is 5.24. The lowest BCUT2D eigenvalue weighted by molar-refractivity contribution is -0.386. The number of nitrogens with one attached hydrogen (secondary N) is 2. The van der Waals surface area contributed by atoms with Crippen LogP contribution in [0.25, 0.3) is 0 Å². The highest BCUT2D eigenvalue weighted by molar-refractivity contribution is 5.85. The van der Waals surface area contributed by atoms with Gasteiger partial charge in [0.2, 0.25) is 5.75 Å². The van der Waals surface area contributed by atoms with Crippen molar-refractivity contribution in [3.8, 4) is 11.5 Å². The van der Waals surface area contributed by atoms with Crippen LogP contribution in [0.1, 0.15) is 11.6 Å². The number of nitrogens with zero attached hydrogens (tertiary/aromatic N) is 1. The molecule has 1 aliphatic rings. The third-order valence-corrected chi connectivity index (χ3v) is 2.73. The molecule has 1 heterocycles. The van der Waals surface area contributed by atoms with Crippen LogP contribution in [0, 0.1) is 10.1 Å². The van der Waals surface area contributed by atoms with Crippen molar-refractivity contribution >= 4 is 18.1 Å². The van der Waals surface area contributed by atoms with Gasteiger partial charge in [0.05, 0.1) is 4.92 Å². The monoisotopic (exact) mass is 275 g/mol. The largest absolute Gasteiger partial charge is 0.504 e. The predicted molar refractivity (Wildman–Crippen MR) is 67.3 cm³/mol. The van der Waals surface area contributed by atoms with Crippen molar-refractivity contribution in [3.05, 3.63) is 27.8 Å². The number of nitro groups is 1. The van der Waals surface area contributed by atoms with E-state index in [0.717, 1.165) is 13.1 Å². The number of phenolic OH excluding ortho intramolecular Hbond substituents is 2. The van der Waals surface area contributed by atoms with Gasteiger partial charge in [-0.1, -0.05) is 0 Å². The van der Waals surface area contributed by atoms with Crippen molar-refractivity contribution in [2.75, 3.05) is 19.6 Å². The summed E-state index contributed by atoms with van der Waals surface area (Å²) in [5, 5.41) is 35.8. The number of rotatable bonds is 2. The molecule has 0 bridgehead atoms. The first-order chi connectivity index (χ1) is 8.09. The molecule has 4 N–H and O–H groups in total. The third kappa shape index (κ3) is 2.81. The molecule has 0 spiro atoms.